The van der Waals surface area contributed by atoms with Gasteiger partial charge in [-0.3, -0.25) is 4.79 Å². The Labute approximate surface area is 218 Å². The van der Waals surface area contributed by atoms with Gasteiger partial charge in [-0.25, -0.2) is 0 Å². The lowest BCUT2D eigenvalue weighted by Crippen LogP contribution is -2.43. The Morgan fingerprint density at radius 2 is 1.91 bits per heavy atom. The van der Waals surface area contributed by atoms with E-state index in [0.717, 1.165) is 57.6 Å². The van der Waals surface area contributed by atoms with Crippen LogP contribution in [-0.4, -0.2) is 53.7 Å². The van der Waals surface area contributed by atoms with Gasteiger partial charge in [0.25, 0.3) is 5.91 Å². The summed E-state index contributed by atoms with van der Waals surface area (Å²) in [5.41, 5.74) is 4.98. The average Bonchev–Trinajstić information content (AvgIpc) is 3.51. The quantitative estimate of drug-likeness (QED) is 0.316. The molecule has 4 rings (SSSR count). The number of aryl methyl sites for hydroxylation is 1. The van der Waals surface area contributed by atoms with Crippen molar-refractivity contribution in [1.29, 1.82) is 0 Å². The van der Waals surface area contributed by atoms with E-state index in [1.807, 2.05) is 25.8 Å². The van der Waals surface area contributed by atoms with Gasteiger partial charge in [0.2, 0.25) is 0 Å². The number of benzene rings is 1. The van der Waals surface area contributed by atoms with Crippen LogP contribution in [0.5, 0.6) is 11.5 Å². The molecule has 0 spiro atoms. The van der Waals surface area contributed by atoms with Crippen molar-refractivity contribution < 1.29 is 14.3 Å². The van der Waals surface area contributed by atoms with E-state index in [1.165, 1.54) is 5.56 Å². The lowest BCUT2D eigenvalue weighted by molar-refractivity contribution is 0.0644. The van der Waals surface area contributed by atoms with E-state index in [9.17, 15) is 4.79 Å². The van der Waals surface area contributed by atoms with Crippen molar-refractivity contribution >= 4 is 29.0 Å². The summed E-state index contributed by atoms with van der Waals surface area (Å²) in [6.07, 6.45) is 2.91. The minimum Gasteiger partial charge on any atom is -0.493 e. The minimum atomic E-state index is -0.261. The number of thiophene rings is 1. The number of hydrogen-bond donors (Lipinski definition) is 0. The predicted molar refractivity (Wildman–Crippen MR) is 151 cm³/mol. The second kappa shape index (κ2) is 11.6. The Bertz CT molecular complexity index is 1140. The van der Waals surface area contributed by atoms with Crippen molar-refractivity contribution in [3.05, 3.63) is 47.0 Å². The number of hydrogen-bond acceptors (Lipinski definition) is 5. The smallest absolute Gasteiger partial charge is 0.270 e. The van der Waals surface area contributed by atoms with E-state index >= 15 is 0 Å². The first-order valence-corrected chi connectivity index (χ1v) is 14.4. The molecule has 3 aromatic rings. The predicted octanol–water partition coefficient (Wildman–Crippen LogP) is 7.09. The maximum absolute atomic E-state index is 13.6. The standard InChI is InChI=1S/C26H32N2O3S2.C2H6/c1-26(2,3)27(4)25(29)20-15-19(23-8-7-12-33-23)24-18-16-22(31-11-13-32-6)21(30-5)14-17(18)9-10-28(20)24;1-2/h7-8,12,14-16H,9-11,13H2,1-6H3;1-2H3. The fourth-order valence-electron chi connectivity index (χ4n) is 4.11. The molecule has 190 valence electrons. The Hall–Kier alpha value is -2.38. The number of methoxy groups -OCH3 is 1. The number of thioether (sulfide) groups is 1. The molecule has 1 aromatic carbocycles. The summed E-state index contributed by atoms with van der Waals surface area (Å²) in [7, 11) is 3.57. The highest BCUT2D eigenvalue weighted by molar-refractivity contribution is 7.98. The molecule has 0 bridgehead atoms. The topological polar surface area (TPSA) is 43.7 Å². The first kappa shape index (κ1) is 27.2. The van der Waals surface area contributed by atoms with Crippen LogP contribution in [0.25, 0.3) is 21.7 Å². The maximum Gasteiger partial charge on any atom is 0.270 e. The molecule has 0 unspecified atom stereocenters. The van der Waals surface area contributed by atoms with Crippen LogP contribution in [0.1, 0.15) is 50.7 Å². The van der Waals surface area contributed by atoms with Gasteiger partial charge in [-0.1, -0.05) is 19.9 Å². The third kappa shape index (κ3) is 5.56. The third-order valence-corrected chi connectivity index (χ3v) is 7.69. The summed E-state index contributed by atoms with van der Waals surface area (Å²) in [5.74, 6) is 2.46. The summed E-state index contributed by atoms with van der Waals surface area (Å²) in [6.45, 7) is 11.6. The number of carbonyl (C=O) groups excluding carboxylic acids is 1. The van der Waals surface area contributed by atoms with Gasteiger partial charge in [0.15, 0.2) is 11.5 Å². The highest BCUT2D eigenvalue weighted by atomic mass is 32.2. The first-order valence-electron chi connectivity index (χ1n) is 12.1. The molecule has 7 heteroatoms. The van der Waals surface area contributed by atoms with Crippen molar-refractivity contribution in [3.8, 4) is 33.2 Å². The van der Waals surface area contributed by atoms with Crippen molar-refractivity contribution in [2.24, 2.45) is 0 Å². The van der Waals surface area contributed by atoms with E-state index in [-0.39, 0.29) is 11.4 Å². The second-order valence-corrected chi connectivity index (χ2v) is 11.1. The van der Waals surface area contributed by atoms with Gasteiger partial charge in [0.05, 0.1) is 19.4 Å². The van der Waals surface area contributed by atoms with E-state index in [0.29, 0.717) is 6.61 Å². The number of aromatic nitrogens is 1. The molecule has 35 heavy (non-hydrogen) atoms. The van der Waals surface area contributed by atoms with Gasteiger partial charge in [0.1, 0.15) is 5.69 Å². The monoisotopic (exact) mass is 514 g/mol. The Morgan fingerprint density at radius 3 is 2.51 bits per heavy atom. The number of nitrogens with zero attached hydrogens (tertiary/aromatic N) is 2. The van der Waals surface area contributed by atoms with E-state index < -0.39 is 0 Å². The number of rotatable bonds is 7. The molecule has 3 heterocycles. The van der Waals surface area contributed by atoms with Crippen LogP contribution in [-0.2, 0) is 13.0 Å². The van der Waals surface area contributed by atoms with Gasteiger partial charge in [-0.2, -0.15) is 11.8 Å². The van der Waals surface area contributed by atoms with Crippen LogP contribution in [0.3, 0.4) is 0 Å². The molecule has 0 N–H and O–H groups in total. The van der Waals surface area contributed by atoms with Gasteiger partial charge in [-0.05, 0) is 68.7 Å². The summed E-state index contributed by atoms with van der Waals surface area (Å²) in [4.78, 5) is 16.5. The highest BCUT2D eigenvalue weighted by Gasteiger charge is 2.32. The maximum atomic E-state index is 13.6. The SMILES string of the molecule is CC.COc1cc2c(cc1OCCSC)-c1c(-c3cccs3)cc(C(=O)N(C)C(C)(C)C)n1CC2. The van der Waals surface area contributed by atoms with Crippen molar-refractivity contribution in [3.63, 3.8) is 0 Å². The molecule has 1 amide bonds. The fraction of sp³-hybridized carbons (Fsp3) is 0.464. The Balaban J connectivity index is 0.00000167. The van der Waals surface area contributed by atoms with Gasteiger partial charge in [0, 0.05) is 40.9 Å². The number of ether oxygens (including phenoxy) is 2. The van der Waals surface area contributed by atoms with E-state index in [4.69, 9.17) is 9.47 Å². The molecule has 0 saturated heterocycles. The molecular weight excluding hydrogens is 476 g/mol. The van der Waals surface area contributed by atoms with E-state index in [1.54, 1.807) is 30.2 Å². The van der Waals surface area contributed by atoms with Gasteiger partial charge >= 0.3 is 0 Å². The molecular formula is C28H38N2O3S2. The van der Waals surface area contributed by atoms with Crippen molar-refractivity contribution in [2.45, 2.75) is 53.1 Å². The molecule has 1 aliphatic heterocycles. The summed E-state index contributed by atoms with van der Waals surface area (Å²) < 4.78 is 13.9. The Morgan fingerprint density at radius 1 is 1.17 bits per heavy atom. The molecule has 5 nitrogen and oxygen atoms in total. The van der Waals surface area contributed by atoms with Gasteiger partial charge < -0.3 is 18.9 Å². The largest absolute Gasteiger partial charge is 0.493 e. The molecule has 0 saturated carbocycles. The second-order valence-electron chi connectivity index (χ2n) is 9.21. The zero-order valence-electron chi connectivity index (χ0n) is 22.2. The van der Waals surface area contributed by atoms with Crippen LogP contribution in [0.2, 0.25) is 0 Å². The lowest BCUT2D eigenvalue weighted by atomic mass is 9.95. The van der Waals surface area contributed by atoms with Crippen molar-refractivity contribution in [1.82, 2.24) is 9.47 Å². The molecule has 0 atom stereocenters. The van der Waals surface area contributed by atoms with Crippen LogP contribution in [0.15, 0.2) is 35.7 Å². The summed E-state index contributed by atoms with van der Waals surface area (Å²) in [6, 6.07) is 10.4. The number of fused-ring (bicyclic) bond motifs is 3. The van der Waals surface area contributed by atoms with Crippen LogP contribution in [0.4, 0.5) is 0 Å². The third-order valence-electron chi connectivity index (χ3n) is 6.21. The molecule has 0 radical (unpaired) electrons. The molecule has 0 fully saturated rings. The van der Waals surface area contributed by atoms with Crippen LogP contribution < -0.4 is 9.47 Å². The van der Waals surface area contributed by atoms with E-state index in [2.05, 4.69) is 67.3 Å². The highest BCUT2D eigenvalue weighted by Crippen LogP contribution is 2.45. The number of carbonyl (C=O) groups is 1. The molecule has 0 aliphatic carbocycles. The zero-order valence-corrected chi connectivity index (χ0v) is 23.9. The van der Waals surface area contributed by atoms with Crippen LogP contribution in [0, 0.1) is 0 Å². The summed E-state index contributed by atoms with van der Waals surface area (Å²) in [5, 5.41) is 2.08. The lowest BCUT2D eigenvalue weighted by Gasteiger charge is -2.32. The molecule has 1 aliphatic rings. The first-order chi connectivity index (χ1) is 16.8. The fourth-order valence-corrected chi connectivity index (χ4v) is 5.11. The van der Waals surface area contributed by atoms with Crippen LogP contribution >= 0.6 is 23.1 Å². The summed E-state index contributed by atoms with van der Waals surface area (Å²) >= 11 is 3.45. The Kier molecular flexibility index (Phi) is 9.00. The number of amides is 1. The average molecular weight is 515 g/mol. The normalized spacial score (nSPS) is 12.2. The zero-order chi connectivity index (χ0) is 25.8. The molecule has 2 aromatic heterocycles. The van der Waals surface area contributed by atoms with Gasteiger partial charge in [-0.15, -0.1) is 11.3 Å². The minimum absolute atomic E-state index is 0.0416. The van der Waals surface area contributed by atoms with Crippen molar-refractivity contribution in [2.75, 3.05) is 32.8 Å².